The number of nitrogens with two attached hydrogens (primary N) is 2. The molecule has 0 aliphatic heterocycles. The van der Waals surface area contributed by atoms with Crippen LogP contribution in [0.2, 0.25) is 0 Å². The lowest BCUT2D eigenvalue weighted by molar-refractivity contribution is -0.120. The predicted molar refractivity (Wildman–Crippen MR) is 54.9 cm³/mol. The minimum atomic E-state index is -2.51. The predicted octanol–water partition coefficient (Wildman–Crippen LogP) is 0.641. The van der Waals surface area contributed by atoms with Gasteiger partial charge in [-0.3, -0.25) is 4.79 Å². The molecule has 94 valence electrons. The highest BCUT2D eigenvalue weighted by Gasteiger charge is 2.34. The Morgan fingerprint density at radius 2 is 2.00 bits per heavy atom. The van der Waals surface area contributed by atoms with Crippen LogP contribution in [0.25, 0.3) is 0 Å². The van der Waals surface area contributed by atoms with E-state index >= 15 is 0 Å². The Kier molecular flexibility index (Phi) is 4.61. The van der Waals surface area contributed by atoms with E-state index in [9.17, 15) is 13.6 Å². The van der Waals surface area contributed by atoms with Crippen molar-refractivity contribution in [3.63, 3.8) is 0 Å². The van der Waals surface area contributed by atoms with Crippen molar-refractivity contribution >= 4 is 5.91 Å². The number of ether oxygens (including phenoxy) is 1. The van der Waals surface area contributed by atoms with Crippen LogP contribution in [-0.4, -0.2) is 31.1 Å². The van der Waals surface area contributed by atoms with Gasteiger partial charge in [0.2, 0.25) is 11.8 Å². The van der Waals surface area contributed by atoms with E-state index in [4.69, 9.17) is 16.2 Å². The Balaban J connectivity index is 2.13. The number of hydrogen-bond acceptors (Lipinski definition) is 3. The molecule has 0 saturated heterocycles. The third kappa shape index (κ3) is 4.40. The van der Waals surface area contributed by atoms with E-state index in [1.807, 2.05) is 0 Å². The summed E-state index contributed by atoms with van der Waals surface area (Å²) < 4.78 is 30.8. The summed E-state index contributed by atoms with van der Waals surface area (Å²) >= 11 is 0. The molecule has 1 atom stereocenters. The molecule has 1 aliphatic rings. The Morgan fingerprint density at radius 3 is 2.50 bits per heavy atom. The van der Waals surface area contributed by atoms with Gasteiger partial charge in [-0.1, -0.05) is 0 Å². The quantitative estimate of drug-likeness (QED) is 0.735. The zero-order valence-electron chi connectivity index (χ0n) is 9.12. The molecule has 1 aliphatic carbocycles. The molecule has 16 heavy (non-hydrogen) atoms. The fourth-order valence-electron chi connectivity index (χ4n) is 1.71. The summed E-state index contributed by atoms with van der Waals surface area (Å²) in [6.07, 6.45) is 0.753. The molecule has 1 rings (SSSR count). The Labute approximate surface area is 93.3 Å². The van der Waals surface area contributed by atoms with Crippen molar-refractivity contribution in [1.29, 1.82) is 0 Å². The summed E-state index contributed by atoms with van der Waals surface area (Å²) in [5, 5.41) is 0. The van der Waals surface area contributed by atoms with E-state index in [1.54, 1.807) is 0 Å². The van der Waals surface area contributed by atoms with E-state index in [0.717, 1.165) is 0 Å². The molecule has 6 heteroatoms. The molecular weight excluding hydrogens is 218 g/mol. The second-order valence-corrected chi connectivity index (χ2v) is 4.35. The lowest BCUT2D eigenvalue weighted by atomic mass is 9.87. The van der Waals surface area contributed by atoms with E-state index in [-0.39, 0.29) is 25.4 Å². The first-order chi connectivity index (χ1) is 7.41. The normalized spacial score (nSPS) is 22.9. The maximum Gasteiger partial charge on any atom is 0.248 e. The van der Waals surface area contributed by atoms with Gasteiger partial charge in [0.05, 0.1) is 6.61 Å². The minimum Gasteiger partial charge on any atom is -0.379 e. The van der Waals surface area contributed by atoms with Gasteiger partial charge >= 0.3 is 0 Å². The molecule has 4 nitrogen and oxygen atoms in total. The minimum absolute atomic E-state index is 0.0578. The van der Waals surface area contributed by atoms with Gasteiger partial charge in [-0.25, -0.2) is 8.78 Å². The van der Waals surface area contributed by atoms with Crippen LogP contribution in [0, 0.1) is 5.92 Å². The van der Waals surface area contributed by atoms with E-state index in [1.165, 1.54) is 0 Å². The molecule has 0 aromatic carbocycles. The molecule has 0 bridgehead atoms. The van der Waals surface area contributed by atoms with Crippen LogP contribution in [0.1, 0.15) is 25.7 Å². The first kappa shape index (κ1) is 13.3. The second kappa shape index (κ2) is 5.54. The highest BCUT2D eigenvalue weighted by molar-refractivity contribution is 5.79. The van der Waals surface area contributed by atoms with Gasteiger partial charge in [0.25, 0.3) is 0 Å². The molecule has 0 aromatic rings. The van der Waals surface area contributed by atoms with Crippen LogP contribution in [0.4, 0.5) is 8.78 Å². The monoisotopic (exact) mass is 236 g/mol. The lowest BCUT2D eigenvalue weighted by Crippen LogP contribution is -2.40. The van der Waals surface area contributed by atoms with Crippen molar-refractivity contribution in [2.24, 2.45) is 17.4 Å². The summed E-state index contributed by atoms with van der Waals surface area (Å²) in [7, 11) is 0. The molecule has 1 saturated carbocycles. The van der Waals surface area contributed by atoms with Crippen LogP contribution in [0.3, 0.4) is 0 Å². The molecule has 0 spiro atoms. The number of carbonyl (C=O) groups is 1. The zero-order chi connectivity index (χ0) is 12.2. The van der Waals surface area contributed by atoms with Gasteiger partial charge in [-0.05, 0) is 18.8 Å². The molecule has 0 unspecified atom stereocenters. The molecule has 1 fully saturated rings. The topological polar surface area (TPSA) is 78.3 Å². The summed E-state index contributed by atoms with van der Waals surface area (Å²) in [4.78, 5) is 10.6. The van der Waals surface area contributed by atoms with Gasteiger partial charge in [-0.2, -0.15) is 0 Å². The van der Waals surface area contributed by atoms with Crippen LogP contribution in [0.5, 0.6) is 0 Å². The summed E-state index contributed by atoms with van der Waals surface area (Å²) in [6.45, 7) is 0.430. The van der Waals surface area contributed by atoms with Crippen molar-refractivity contribution in [2.45, 2.75) is 37.6 Å². The summed E-state index contributed by atoms with van der Waals surface area (Å²) in [5.41, 5.74) is 10.3. The van der Waals surface area contributed by atoms with E-state index in [0.29, 0.717) is 19.4 Å². The van der Waals surface area contributed by atoms with Crippen molar-refractivity contribution < 1.29 is 18.3 Å². The number of halogens is 2. The standard InChI is InChI=1S/C10H18F2N2O2/c11-10(12)3-1-7(2-4-10)5-16-6-8(13)9(14)15/h7-8H,1-6,13H2,(H2,14,15)/t8-/m0/s1. The highest BCUT2D eigenvalue weighted by atomic mass is 19.3. The largest absolute Gasteiger partial charge is 0.379 e. The Hall–Kier alpha value is -0.750. The Bertz CT molecular complexity index is 239. The molecule has 0 radical (unpaired) electrons. The average Bonchev–Trinajstić information content (AvgIpc) is 2.20. The first-order valence-corrected chi connectivity index (χ1v) is 5.41. The molecule has 1 amide bonds. The fourth-order valence-corrected chi connectivity index (χ4v) is 1.71. The summed E-state index contributed by atoms with van der Waals surface area (Å²) in [5.74, 6) is -2.99. The van der Waals surface area contributed by atoms with E-state index in [2.05, 4.69) is 0 Å². The first-order valence-electron chi connectivity index (χ1n) is 5.41. The Morgan fingerprint density at radius 1 is 1.44 bits per heavy atom. The third-order valence-corrected chi connectivity index (χ3v) is 2.85. The molecule has 0 heterocycles. The maximum atomic E-state index is 12.8. The van der Waals surface area contributed by atoms with Crippen molar-refractivity contribution in [3.8, 4) is 0 Å². The van der Waals surface area contributed by atoms with Crippen LogP contribution in [-0.2, 0) is 9.53 Å². The van der Waals surface area contributed by atoms with E-state index < -0.39 is 17.9 Å². The lowest BCUT2D eigenvalue weighted by Gasteiger charge is -2.28. The van der Waals surface area contributed by atoms with Gasteiger partial charge in [-0.15, -0.1) is 0 Å². The van der Waals surface area contributed by atoms with Gasteiger partial charge in [0.15, 0.2) is 0 Å². The van der Waals surface area contributed by atoms with Crippen LogP contribution < -0.4 is 11.5 Å². The summed E-state index contributed by atoms with van der Waals surface area (Å²) in [6, 6.07) is -0.815. The smallest absolute Gasteiger partial charge is 0.248 e. The van der Waals surface area contributed by atoms with Crippen molar-refractivity contribution in [1.82, 2.24) is 0 Å². The molecular formula is C10H18F2N2O2. The average molecular weight is 236 g/mol. The van der Waals surface area contributed by atoms with Gasteiger partial charge in [0, 0.05) is 19.4 Å². The third-order valence-electron chi connectivity index (χ3n) is 2.85. The highest BCUT2D eigenvalue weighted by Crippen LogP contribution is 2.36. The number of amides is 1. The molecule has 4 N–H and O–H groups in total. The zero-order valence-corrected chi connectivity index (χ0v) is 9.12. The van der Waals surface area contributed by atoms with Crippen molar-refractivity contribution in [2.75, 3.05) is 13.2 Å². The van der Waals surface area contributed by atoms with Crippen LogP contribution in [0.15, 0.2) is 0 Å². The number of carbonyl (C=O) groups excluding carboxylic acids is 1. The van der Waals surface area contributed by atoms with Crippen molar-refractivity contribution in [3.05, 3.63) is 0 Å². The fraction of sp³-hybridized carbons (Fsp3) is 0.900. The number of alkyl halides is 2. The van der Waals surface area contributed by atoms with Gasteiger partial charge < -0.3 is 16.2 Å². The number of rotatable bonds is 5. The second-order valence-electron chi connectivity index (χ2n) is 4.35. The van der Waals surface area contributed by atoms with Crippen LogP contribution >= 0.6 is 0 Å². The number of hydrogen-bond donors (Lipinski definition) is 2. The molecule has 0 aromatic heterocycles. The number of primary amides is 1. The maximum absolute atomic E-state index is 12.8. The van der Waals surface area contributed by atoms with Gasteiger partial charge in [0.1, 0.15) is 6.04 Å². The SMILES string of the molecule is NC(=O)[C@@H](N)COCC1CCC(F)(F)CC1.